The van der Waals surface area contributed by atoms with Crippen molar-refractivity contribution in [1.29, 1.82) is 0 Å². The average Bonchev–Trinajstić information content (AvgIpc) is 3.40. The summed E-state index contributed by atoms with van der Waals surface area (Å²) in [6, 6.07) is 12.4. The topological polar surface area (TPSA) is 76.0 Å². The van der Waals surface area contributed by atoms with E-state index in [1.165, 1.54) is 89.7 Å². The zero-order valence-electron chi connectivity index (χ0n) is 33.8. The van der Waals surface area contributed by atoms with Crippen molar-refractivity contribution in [3.8, 4) is 17.2 Å². The number of hydrogen-bond donors (Lipinski definition) is 2. The molecule has 284 valence electrons. The van der Waals surface area contributed by atoms with Crippen LogP contribution in [0.15, 0.2) is 71.3 Å². The highest BCUT2D eigenvalue weighted by Crippen LogP contribution is 2.72. The van der Waals surface area contributed by atoms with Gasteiger partial charge in [0.2, 0.25) is 0 Å². The van der Waals surface area contributed by atoms with E-state index in [1.807, 2.05) is 41.5 Å². The molecule has 2 N–H and O–H groups in total. The number of allylic oxidation sites excluding steroid dienone is 5. The molecule has 5 heteroatoms. The molecule has 0 radical (unpaired) electrons. The molecule has 2 aromatic rings. The first kappa shape index (κ1) is 39.9. The van der Waals surface area contributed by atoms with Gasteiger partial charge in [0.15, 0.2) is 5.78 Å². The molecule has 0 bridgehead atoms. The number of benzene rings is 2. The van der Waals surface area contributed by atoms with Crippen molar-refractivity contribution >= 4 is 11.9 Å². The third-order valence-electron chi connectivity index (χ3n) is 14.6. The van der Waals surface area contributed by atoms with Crippen LogP contribution >= 0.6 is 0 Å². The van der Waals surface area contributed by atoms with Gasteiger partial charge in [0, 0.05) is 12.1 Å². The molecule has 4 aliphatic rings. The Kier molecular flexibility index (Phi) is 12.0. The molecule has 7 atom stereocenters. The van der Waals surface area contributed by atoms with Gasteiger partial charge in [0.1, 0.15) is 22.8 Å². The van der Waals surface area contributed by atoms with E-state index in [2.05, 4.69) is 61.5 Å². The highest BCUT2D eigenvalue weighted by Gasteiger charge is 2.63. The number of carbonyl (C=O) groups excluding carboxylic acids is 1. The molecule has 0 aliphatic heterocycles. The lowest BCUT2D eigenvalue weighted by Gasteiger charge is -2.62. The molecule has 5 nitrogen and oxygen atoms in total. The number of aliphatic hydroxyl groups excluding tert-OH is 1. The smallest absolute Gasteiger partial charge is 0.193 e. The van der Waals surface area contributed by atoms with Gasteiger partial charge in [-0.15, -0.1) is 0 Å². The Hall–Kier alpha value is -3.31. The third kappa shape index (κ3) is 7.28. The second-order valence-corrected chi connectivity index (χ2v) is 17.9. The predicted octanol–water partition coefficient (Wildman–Crippen LogP) is 11.8. The summed E-state index contributed by atoms with van der Waals surface area (Å²) in [5.41, 5.74) is 7.43. The number of phenols is 1. The zero-order valence-corrected chi connectivity index (χ0v) is 33.8. The molecule has 52 heavy (non-hydrogen) atoms. The lowest BCUT2D eigenvalue weighted by molar-refractivity contribution is -0.0962. The maximum atomic E-state index is 12.3. The largest absolute Gasteiger partial charge is 0.507 e. The molecule has 0 aromatic heterocycles. The number of aromatic hydroxyl groups is 1. The van der Waals surface area contributed by atoms with Gasteiger partial charge >= 0.3 is 0 Å². The standard InChI is InChI=1S/C30H50O.C17H16O4/c1-20(2)10-9-11-21(3)22-14-18-30(8)24-12-13-25-27(4,5)26(31)16-17-28(25,6)23(24)15-19-29(22,30)7;1-20-13-10-15(19)17(16(11-13)21-2)14(18)9-8-12-6-4-3-5-7-12/h10,21-22,25-26,31H,9,11-19H2,1-8H3;3-11,19H,1-2H3. The van der Waals surface area contributed by atoms with Gasteiger partial charge in [0.05, 0.1) is 20.3 Å². The minimum atomic E-state index is -0.337. The summed E-state index contributed by atoms with van der Waals surface area (Å²) < 4.78 is 10.2. The van der Waals surface area contributed by atoms with Crippen molar-refractivity contribution in [2.45, 2.75) is 126 Å². The van der Waals surface area contributed by atoms with Crippen LogP contribution in [0, 0.1) is 39.4 Å². The van der Waals surface area contributed by atoms with Gasteiger partial charge in [-0.2, -0.15) is 0 Å². The van der Waals surface area contributed by atoms with Crippen LogP contribution in [0.1, 0.15) is 136 Å². The number of carbonyl (C=O) groups is 1. The van der Waals surface area contributed by atoms with E-state index in [1.54, 1.807) is 12.1 Å². The van der Waals surface area contributed by atoms with E-state index >= 15 is 0 Å². The summed E-state index contributed by atoms with van der Waals surface area (Å²) in [6.45, 7) is 19.6. The van der Waals surface area contributed by atoms with Crippen LogP contribution in [0.25, 0.3) is 6.08 Å². The summed E-state index contributed by atoms with van der Waals surface area (Å²) in [6.07, 6.45) is 18.3. The fourth-order valence-electron chi connectivity index (χ4n) is 11.4. The lowest BCUT2D eigenvalue weighted by atomic mass is 9.43. The van der Waals surface area contributed by atoms with E-state index in [9.17, 15) is 15.0 Å². The molecule has 0 saturated heterocycles. The first-order valence-corrected chi connectivity index (χ1v) is 19.8. The second kappa shape index (κ2) is 15.6. The molecule has 2 fully saturated rings. The molecule has 2 aromatic carbocycles. The predicted molar refractivity (Wildman–Crippen MR) is 214 cm³/mol. The Balaban J connectivity index is 0.000000217. The maximum absolute atomic E-state index is 12.3. The zero-order chi connectivity index (χ0) is 38.1. The summed E-state index contributed by atoms with van der Waals surface area (Å²) in [5, 5.41) is 20.8. The van der Waals surface area contributed by atoms with Crippen molar-refractivity contribution in [2.75, 3.05) is 14.2 Å². The molecule has 4 aliphatic carbocycles. The van der Waals surface area contributed by atoms with Gasteiger partial charge < -0.3 is 19.7 Å². The number of phenolic OH excluding ortho intramolecular Hbond substituents is 1. The maximum Gasteiger partial charge on any atom is 0.193 e. The van der Waals surface area contributed by atoms with Crippen LogP contribution in [0.4, 0.5) is 0 Å². The second-order valence-electron chi connectivity index (χ2n) is 17.9. The van der Waals surface area contributed by atoms with E-state index < -0.39 is 0 Å². The van der Waals surface area contributed by atoms with Gasteiger partial charge in [-0.05, 0) is 129 Å². The first-order chi connectivity index (χ1) is 24.5. The highest BCUT2D eigenvalue weighted by atomic mass is 16.5. The number of rotatable bonds is 9. The third-order valence-corrected chi connectivity index (χ3v) is 14.6. The normalized spacial score (nSPS) is 31.0. The molecular formula is C47H66O5. The lowest BCUT2D eigenvalue weighted by Crippen LogP contribution is -2.55. The SMILES string of the molecule is CC(C)=CCCC(C)C1CCC2(C)C3=C(CCC12C)C1(C)CCC(O)C(C)(C)C1CC3.COc1cc(O)c(C(=O)C=Cc2ccccc2)c(OC)c1. The first-order valence-electron chi connectivity index (χ1n) is 19.8. The number of ether oxygens (including phenoxy) is 2. The van der Waals surface area contributed by atoms with Crippen LogP contribution < -0.4 is 9.47 Å². The summed E-state index contributed by atoms with van der Waals surface area (Å²) in [5.74, 6) is 2.51. The van der Waals surface area contributed by atoms with Crippen molar-refractivity contribution in [3.63, 3.8) is 0 Å². The van der Waals surface area contributed by atoms with Crippen LogP contribution in [-0.2, 0) is 0 Å². The number of fused-ring (bicyclic) bond motifs is 4. The van der Waals surface area contributed by atoms with E-state index in [0.29, 0.717) is 27.9 Å². The summed E-state index contributed by atoms with van der Waals surface area (Å²) >= 11 is 0. The molecular weight excluding hydrogens is 645 g/mol. The van der Waals surface area contributed by atoms with Crippen LogP contribution in [0.3, 0.4) is 0 Å². The number of hydrogen-bond acceptors (Lipinski definition) is 5. The van der Waals surface area contributed by atoms with Gasteiger partial charge in [-0.3, -0.25) is 4.79 Å². The number of methoxy groups -OCH3 is 2. The highest BCUT2D eigenvalue weighted by molar-refractivity contribution is 6.10. The molecule has 2 saturated carbocycles. The minimum Gasteiger partial charge on any atom is -0.507 e. The van der Waals surface area contributed by atoms with E-state index in [4.69, 9.17) is 9.47 Å². The van der Waals surface area contributed by atoms with Crippen molar-refractivity contribution < 1.29 is 24.5 Å². The molecule has 0 spiro atoms. The number of aliphatic hydroxyl groups is 1. The van der Waals surface area contributed by atoms with E-state index in [-0.39, 0.29) is 34.4 Å². The Bertz CT molecular complexity index is 1680. The average molecular weight is 711 g/mol. The Morgan fingerprint density at radius 3 is 2.29 bits per heavy atom. The van der Waals surface area contributed by atoms with Crippen molar-refractivity contribution in [1.82, 2.24) is 0 Å². The monoisotopic (exact) mass is 710 g/mol. The van der Waals surface area contributed by atoms with Gasteiger partial charge in [-0.1, -0.05) is 101 Å². The molecule has 7 unspecified atom stereocenters. The Morgan fingerprint density at radius 1 is 0.923 bits per heavy atom. The Morgan fingerprint density at radius 2 is 1.63 bits per heavy atom. The fraction of sp³-hybridized carbons (Fsp3) is 0.596. The molecule has 0 heterocycles. The van der Waals surface area contributed by atoms with Crippen molar-refractivity contribution in [3.05, 3.63) is 82.5 Å². The van der Waals surface area contributed by atoms with E-state index in [0.717, 1.165) is 23.8 Å². The fourth-order valence-corrected chi connectivity index (χ4v) is 11.4. The minimum absolute atomic E-state index is 0.0465. The van der Waals surface area contributed by atoms with Crippen LogP contribution in [0.5, 0.6) is 17.2 Å². The van der Waals surface area contributed by atoms with Crippen LogP contribution in [0.2, 0.25) is 0 Å². The van der Waals surface area contributed by atoms with Gasteiger partial charge in [0.25, 0.3) is 0 Å². The molecule has 6 rings (SSSR count). The molecule has 0 amide bonds. The summed E-state index contributed by atoms with van der Waals surface area (Å²) in [4.78, 5) is 12.3. The van der Waals surface area contributed by atoms with Crippen LogP contribution in [-0.4, -0.2) is 36.3 Å². The van der Waals surface area contributed by atoms with Crippen molar-refractivity contribution in [2.24, 2.45) is 39.4 Å². The quantitative estimate of drug-likeness (QED) is 0.154. The van der Waals surface area contributed by atoms with Gasteiger partial charge in [-0.25, -0.2) is 0 Å². The summed E-state index contributed by atoms with van der Waals surface area (Å²) in [7, 11) is 2.91. The number of ketones is 1. The Labute approximate surface area is 314 Å².